The van der Waals surface area contributed by atoms with Crippen molar-refractivity contribution in [2.75, 3.05) is 24.5 Å². The Bertz CT molecular complexity index is 537. The quantitative estimate of drug-likeness (QED) is 0.833. The van der Waals surface area contributed by atoms with Crippen molar-refractivity contribution in [3.8, 4) is 0 Å². The monoisotopic (exact) mass is 262 g/mol. The van der Waals surface area contributed by atoms with Crippen LogP contribution in [-0.2, 0) is 4.74 Å². The first-order valence-electron chi connectivity index (χ1n) is 6.14. The van der Waals surface area contributed by atoms with Gasteiger partial charge in [-0.3, -0.25) is 4.90 Å². The third kappa shape index (κ3) is 2.04. The lowest BCUT2D eigenvalue weighted by Crippen LogP contribution is -2.36. The van der Waals surface area contributed by atoms with Crippen LogP contribution in [0.5, 0.6) is 0 Å². The van der Waals surface area contributed by atoms with Crippen LogP contribution in [0.1, 0.15) is 16.8 Å². The SMILES string of the molecule is O=C(O)c1cccc(N2CC3(CCNC3)OC2=O)c1. The lowest BCUT2D eigenvalue weighted by molar-refractivity contribution is 0.0694. The van der Waals surface area contributed by atoms with Gasteiger partial charge in [0.25, 0.3) is 0 Å². The minimum absolute atomic E-state index is 0.163. The van der Waals surface area contributed by atoms with Gasteiger partial charge >= 0.3 is 12.1 Å². The van der Waals surface area contributed by atoms with Gasteiger partial charge in [-0.25, -0.2) is 9.59 Å². The van der Waals surface area contributed by atoms with E-state index < -0.39 is 17.7 Å². The number of carboxylic acids is 1. The molecular formula is C13H14N2O4. The summed E-state index contributed by atoms with van der Waals surface area (Å²) in [5, 5.41) is 12.2. The number of benzene rings is 1. The average Bonchev–Trinajstić information content (AvgIpc) is 2.97. The highest BCUT2D eigenvalue weighted by Crippen LogP contribution is 2.32. The van der Waals surface area contributed by atoms with Crippen molar-refractivity contribution < 1.29 is 19.4 Å². The molecule has 0 aromatic heterocycles. The topological polar surface area (TPSA) is 78.9 Å². The highest BCUT2D eigenvalue weighted by atomic mass is 16.6. The van der Waals surface area contributed by atoms with E-state index in [1.807, 2.05) is 0 Å². The third-order valence-electron chi connectivity index (χ3n) is 3.58. The largest absolute Gasteiger partial charge is 0.478 e. The summed E-state index contributed by atoms with van der Waals surface area (Å²) in [5.74, 6) is -1.01. The van der Waals surface area contributed by atoms with E-state index in [-0.39, 0.29) is 5.56 Å². The number of carboxylic acid groups (broad SMARTS) is 1. The van der Waals surface area contributed by atoms with Crippen LogP contribution in [0.2, 0.25) is 0 Å². The Kier molecular flexibility index (Phi) is 2.67. The fraction of sp³-hybridized carbons (Fsp3) is 0.385. The Morgan fingerprint density at radius 3 is 3.00 bits per heavy atom. The number of amides is 1. The number of carbonyl (C=O) groups excluding carboxylic acids is 1. The summed E-state index contributed by atoms with van der Waals surface area (Å²) in [6.45, 7) is 1.94. The standard InChI is InChI=1S/C13H14N2O4/c16-11(17)9-2-1-3-10(6-9)15-8-13(19-12(15)18)4-5-14-7-13/h1-3,6,14H,4-5,7-8H2,(H,16,17). The van der Waals surface area contributed by atoms with Crippen LogP contribution in [0.25, 0.3) is 0 Å². The van der Waals surface area contributed by atoms with Gasteiger partial charge in [0.2, 0.25) is 0 Å². The average molecular weight is 262 g/mol. The zero-order valence-electron chi connectivity index (χ0n) is 10.3. The van der Waals surface area contributed by atoms with E-state index in [0.29, 0.717) is 18.8 Å². The Hall–Kier alpha value is -2.08. The lowest BCUT2D eigenvalue weighted by Gasteiger charge is -2.19. The highest BCUT2D eigenvalue weighted by Gasteiger charge is 2.47. The van der Waals surface area contributed by atoms with Crippen LogP contribution in [0.3, 0.4) is 0 Å². The number of aromatic carboxylic acids is 1. The molecule has 2 aliphatic heterocycles. The van der Waals surface area contributed by atoms with Crippen LogP contribution in [0.4, 0.5) is 10.5 Å². The fourth-order valence-electron chi connectivity index (χ4n) is 2.57. The molecule has 1 unspecified atom stereocenters. The smallest absolute Gasteiger partial charge is 0.415 e. The number of anilines is 1. The maximum Gasteiger partial charge on any atom is 0.415 e. The third-order valence-corrected chi connectivity index (χ3v) is 3.58. The minimum Gasteiger partial charge on any atom is -0.478 e. The van der Waals surface area contributed by atoms with E-state index in [4.69, 9.17) is 9.84 Å². The first-order valence-corrected chi connectivity index (χ1v) is 6.14. The molecule has 0 aliphatic carbocycles. The molecular weight excluding hydrogens is 248 g/mol. The van der Waals surface area contributed by atoms with Crippen LogP contribution in [-0.4, -0.2) is 42.4 Å². The van der Waals surface area contributed by atoms with Gasteiger partial charge in [0.1, 0.15) is 5.60 Å². The van der Waals surface area contributed by atoms with Crippen molar-refractivity contribution in [3.63, 3.8) is 0 Å². The lowest BCUT2D eigenvalue weighted by atomic mass is 10.0. The molecule has 2 aliphatic rings. The summed E-state index contributed by atoms with van der Waals surface area (Å²) in [4.78, 5) is 24.4. The summed E-state index contributed by atoms with van der Waals surface area (Å²) in [5.41, 5.74) is 0.264. The Morgan fingerprint density at radius 1 is 1.47 bits per heavy atom. The Balaban J connectivity index is 1.88. The number of rotatable bonds is 2. The summed E-state index contributed by atoms with van der Waals surface area (Å²) in [7, 11) is 0. The number of ether oxygens (including phenoxy) is 1. The second-order valence-electron chi connectivity index (χ2n) is 4.92. The van der Waals surface area contributed by atoms with Gasteiger partial charge < -0.3 is 15.2 Å². The molecule has 19 heavy (non-hydrogen) atoms. The minimum atomic E-state index is -1.01. The van der Waals surface area contributed by atoms with Crippen LogP contribution in [0.15, 0.2) is 24.3 Å². The molecule has 6 heteroatoms. The van der Waals surface area contributed by atoms with Crippen LogP contribution < -0.4 is 10.2 Å². The predicted molar refractivity (Wildman–Crippen MR) is 67.4 cm³/mol. The zero-order valence-corrected chi connectivity index (χ0v) is 10.3. The number of carbonyl (C=O) groups is 2. The number of hydrogen-bond acceptors (Lipinski definition) is 4. The normalized spacial score (nSPS) is 25.9. The van der Waals surface area contributed by atoms with Gasteiger partial charge in [-0.05, 0) is 24.7 Å². The van der Waals surface area contributed by atoms with Gasteiger partial charge in [-0.1, -0.05) is 6.07 Å². The van der Waals surface area contributed by atoms with Crippen molar-refractivity contribution in [2.45, 2.75) is 12.0 Å². The fourth-order valence-corrected chi connectivity index (χ4v) is 2.57. The Morgan fingerprint density at radius 2 is 2.32 bits per heavy atom. The summed E-state index contributed by atoms with van der Waals surface area (Å²) in [6, 6.07) is 6.34. The number of hydrogen-bond donors (Lipinski definition) is 2. The van der Waals surface area contributed by atoms with E-state index in [9.17, 15) is 9.59 Å². The first-order chi connectivity index (χ1) is 9.10. The van der Waals surface area contributed by atoms with Gasteiger partial charge in [0.05, 0.1) is 12.1 Å². The molecule has 100 valence electrons. The molecule has 2 N–H and O–H groups in total. The molecule has 0 bridgehead atoms. The molecule has 0 saturated carbocycles. The van der Waals surface area contributed by atoms with Crippen molar-refractivity contribution in [1.82, 2.24) is 5.32 Å². The van der Waals surface area contributed by atoms with Gasteiger partial charge in [-0.2, -0.15) is 0 Å². The highest BCUT2D eigenvalue weighted by molar-refractivity contribution is 5.94. The van der Waals surface area contributed by atoms with Gasteiger partial charge in [0.15, 0.2) is 0 Å². The molecule has 6 nitrogen and oxygen atoms in total. The van der Waals surface area contributed by atoms with E-state index in [0.717, 1.165) is 13.0 Å². The molecule has 2 saturated heterocycles. The molecule has 1 amide bonds. The molecule has 1 aromatic carbocycles. The van der Waals surface area contributed by atoms with E-state index in [1.165, 1.54) is 17.0 Å². The second kappa shape index (κ2) is 4.24. The molecule has 1 atom stereocenters. The number of nitrogens with one attached hydrogen (secondary N) is 1. The van der Waals surface area contributed by atoms with Crippen molar-refractivity contribution in [1.29, 1.82) is 0 Å². The molecule has 2 heterocycles. The first kappa shape index (κ1) is 12.0. The second-order valence-corrected chi connectivity index (χ2v) is 4.92. The summed E-state index contributed by atoms with van der Waals surface area (Å²) in [6.07, 6.45) is 0.375. The van der Waals surface area contributed by atoms with E-state index >= 15 is 0 Å². The van der Waals surface area contributed by atoms with E-state index in [1.54, 1.807) is 12.1 Å². The molecule has 0 radical (unpaired) electrons. The Labute approximate surface area is 110 Å². The molecule has 2 fully saturated rings. The van der Waals surface area contributed by atoms with Crippen molar-refractivity contribution in [2.24, 2.45) is 0 Å². The van der Waals surface area contributed by atoms with Crippen LogP contribution in [0, 0.1) is 0 Å². The predicted octanol–water partition coefficient (Wildman–Crippen LogP) is 1.07. The summed E-state index contributed by atoms with van der Waals surface area (Å²) >= 11 is 0. The molecule has 3 rings (SSSR count). The van der Waals surface area contributed by atoms with Gasteiger partial charge in [-0.15, -0.1) is 0 Å². The van der Waals surface area contributed by atoms with Crippen molar-refractivity contribution >= 4 is 17.7 Å². The van der Waals surface area contributed by atoms with Crippen LogP contribution >= 0.6 is 0 Å². The molecule has 1 spiro atoms. The maximum atomic E-state index is 11.9. The van der Waals surface area contributed by atoms with E-state index in [2.05, 4.69) is 5.32 Å². The zero-order chi connectivity index (χ0) is 13.5. The molecule has 1 aromatic rings. The summed E-state index contributed by atoms with van der Waals surface area (Å²) < 4.78 is 5.45. The number of nitrogens with zero attached hydrogens (tertiary/aromatic N) is 1. The van der Waals surface area contributed by atoms with Gasteiger partial charge in [0, 0.05) is 18.7 Å². The van der Waals surface area contributed by atoms with Crippen molar-refractivity contribution in [3.05, 3.63) is 29.8 Å². The maximum absolute atomic E-state index is 11.9.